The van der Waals surface area contributed by atoms with Crippen molar-refractivity contribution >= 4 is 11.7 Å². The first-order valence-electron chi connectivity index (χ1n) is 8.93. The number of benzene rings is 2. The lowest BCUT2D eigenvalue weighted by molar-refractivity contribution is 0.173. The Morgan fingerprint density at radius 3 is 2.12 bits per heavy atom. The van der Waals surface area contributed by atoms with Crippen LogP contribution in [0.2, 0.25) is 0 Å². The number of allylic oxidation sites excluding steroid dienone is 1. The molecule has 0 bridgehead atoms. The summed E-state index contributed by atoms with van der Waals surface area (Å²) in [4.78, 5) is 12.2. The van der Waals surface area contributed by atoms with Crippen LogP contribution < -0.4 is 5.32 Å². The van der Waals surface area contributed by atoms with Crippen LogP contribution in [0.4, 0.5) is 4.79 Å². The predicted octanol–water partition coefficient (Wildman–Crippen LogP) is 5.28. The number of hydrogen-bond donors (Lipinski definition) is 1. The van der Waals surface area contributed by atoms with Crippen LogP contribution in [0, 0.1) is 11.3 Å². The molecule has 0 aliphatic heterocycles. The highest BCUT2D eigenvalue weighted by molar-refractivity contribution is 5.83. The van der Waals surface area contributed by atoms with Crippen LogP contribution in [0.3, 0.4) is 0 Å². The molecule has 1 amide bonds. The van der Waals surface area contributed by atoms with Crippen molar-refractivity contribution in [1.82, 2.24) is 5.32 Å². The maximum Gasteiger partial charge on any atom is 0.412 e. The van der Waals surface area contributed by atoms with Crippen molar-refractivity contribution in [3.05, 3.63) is 77.5 Å². The quantitative estimate of drug-likeness (QED) is 0.522. The van der Waals surface area contributed by atoms with E-state index < -0.39 is 6.09 Å². The number of ether oxygens (including phenoxy) is 1. The smallest absolute Gasteiger partial charge is 0.412 e. The molecule has 134 valence electrons. The van der Waals surface area contributed by atoms with Crippen molar-refractivity contribution in [2.75, 3.05) is 6.54 Å². The van der Waals surface area contributed by atoms with E-state index in [0.29, 0.717) is 31.6 Å². The van der Waals surface area contributed by atoms with Crippen molar-refractivity contribution in [2.24, 2.45) is 0 Å². The number of nitrogens with zero attached hydrogens (tertiary/aromatic N) is 1. The van der Waals surface area contributed by atoms with E-state index in [-0.39, 0.29) is 0 Å². The van der Waals surface area contributed by atoms with E-state index in [9.17, 15) is 4.79 Å². The van der Waals surface area contributed by atoms with Gasteiger partial charge in [0.15, 0.2) is 0 Å². The van der Waals surface area contributed by atoms with Gasteiger partial charge in [0.1, 0.15) is 5.76 Å². The molecule has 0 saturated carbocycles. The van der Waals surface area contributed by atoms with Crippen LogP contribution in [-0.4, -0.2) is 12.6 Å². The summed E-state index contributed by atoms with van der Waals surface area (Å²) >= 11 is 0. The van der Waals surface area contributed by atoms with Crippen molar-refractivity contribution in [3.63, 3.8) is 0 Å². The van der Waals surface area contributed by atoms with Crippen LogP contribution in [0.15, 0.2) is 66.4 Å². The summed E-state index contributed by atoms with van der Waals surface area (Å²) in [6.45, 7) is 2.49. The third-order valence-corrected chi connectivity index (χ3v) is 3.83. The second kappa shape index (κ2) is 10.7. The fraction of sp³-hybridized carbons (Fsp3) is 0.273. The highest BCUT2D eigenvalue weighted by atomic mass is 16.6. The molecule has 0 unspecified atom stereocenters. The minimum atomic E-state index is -0.476. The van der Waals surface area contributed by atoms with E-state index in [2.05, 4.69) is 18.3 Å². The number of carbonyl (C=O) groups excluding carboxylic acids is 1. The lowest BCUT2D eigenvalue weighted by Gasteiger charge is -2.16. The molecule has 1 N–H and O–H groups in total. The monoisotopic (exact) mass is 348 g/mol. The number of nitrogens with one attached hydrogen (secondary N) is 1. The Morgan fingerprint density at radius 2 is 1.62 bits per heavy atom. The molecule has 0 radical (unpaired) electrons. The van der Waals surface area contributed by atoms with Crippen molar-refractivity contribution < 1.29 is 9.53 Å². The maximum atomic E-state index is 12.2. The van der Waals surface area contributed by atoms with Gasteiger partial charge in [0.25, 0.3) is 0 Å². The predicted molar refractivity (Wildman–Crippen MR) is 103 cm³/mol. The van der Waals surface area contributed by atoms with E-state index in [0.717, 1.165) is 23.1 Å². The van der Waals surface area contributed by atoms with Gasteiger partial charge in [-0.1, -0.05) is 67.6 Å². The third-order valence-electron chi connectivity index (χ3n) is 3.83. The minimum Gasteiger partial charge on any atom is -0.414 e. The van der Waals surface area contributed by atoms with E-state index in [1.807, 2.05) is 60.7 Å². The summed E-state index contributed by atoms with van der Waals surface area (Å²) < 4.78 is 5.69. The largest absolute Gasteiger partial charge is 0.414 e. The van der Waals surface area contributed by atoms with Gasteiger partial charge in [-0.15, -0.1) is 0 Å². The second-order valence-electron chi connectivity index (χ2n) is 5.86. The van der Waals surface area contributed by atoms with E-state index >= 15 is 0 Å². The molecular formula is C22H24N2O2. The van der Waals surface area contributed by atoms with Gasteiger partial charge in [0.05, 0.1) is 6.07 Å². The SMILES string of the molecule is CCCC(OC(=O)NCCCC#N)=C(c1ccccc1)c1ccccc1. The Labute approximate surface area is 155 Å². The van der Waals surface area contributed by atoms with Gasteiger partial charge in [-0.25, -0.2) is 4.79 Å². The summed E-state index contributed by atoms with van der Waals surface area (Å²) in [6.07, 6.45) is 2.07. The first-order chi connectivity index (χ1) is 12.8. The van der Waals surface area contributed by atoms with Crippen molar-refractivity contribution in [2.45, 2.75) is 32.6 Å². The van der Waals surface area contributed by atoms with E-state index in [1.165, 1.54) is 0 Å². The number of hydrogen-bond acceptors (Lipinski definition) is 3. The molecule has 0 saturated heterocycles. The zero-order valence-electron chi connectivity index (χ0n) is 15.1. The molecule has 0 aliphatic carbocycles. The standard InChI is InChI=1S/C22H24N2O2/c1-2-11-20(26-22(25)24-17-10-9-16-23)21(18-12-5-3-6-13-18)19-14-7-4-8-15-19/h3-8,12-15H,2,9-11,17H2,1H3,(H,24,25). The molecule has 2 rings (SSSR count). The second-order valence-corrected chi connectivity index (χ2v) is 5.86. The van der Waals surface area contributed by atoms with Crippen LogP contribution in [0.25, 0.3) is 5.57 Å². The summed E-state index contributed by atoms with van der Waals surface area (Å²) in [5, 5.41) is 11.3. The highest BCUT2D eigenvalue weighted by Gasteiger charge is 2.16. The molecule has 4 nitrogen and oxygen atoms in total. The lowest BCUT2D eigenvalue weighted by atomic mass is 9.95. The Hall–Kier alpha value is -3.06. The molecule has 0 spiro atoms. The van der Waals surface area contributed by atoms with Gasteiger partial charge < -0.3 is 10.1 Å². The molecule has 0 heterocycles. The van der Waals surface area contributed by atoms with E-state index in [1.54, 1.807) is 0 Å². The number of alkyl carbamates (subject to hydrolysis) is 1. The maximum absolute atomic E-state index is 12.2. The molecule has 0 aliphatic rings. The van der Waals surface area contributed by atoms with Crippen molar-refractivity contribution in [1.29, 1.82) is 5.26 Å². The Kier molecular flexibility index (Phi) is 7.95. The summed E-state index contributed by atoms with van der Waals surface area (Å²) in [6, 6.07) is 22.0. The van der Waals surface area contributed by atoms with Crippen molar-refractivity contribution in [3.8, 4) is 6.07 Å². The molecule has 2 aromatic rings. The molecule has 0 fully saturated rings. The van der Waals surface area contributed by atoms with Crippen LogP contribution in [0.1, 0.15) is 43.7 Å². The van der Waals surface area contributed by atoms with Gasteiger partial charge in [-0.2, -0.15) is 5.26 Å². The minimum absolute atomic E-state index is 0.414. The highest BCUT2D eigenvalue weighted by Crippen LogP contribution is 2.29. The number of unbranched alkanes of at least 4 members (excludes halogenated alkanes) is 1. The Balaban J connectivity index is 2.33. The summed E-state index contributed by atoms with van der Waals surface area (Å²) in [7, 11) is 0. The number of carbonyl (C=O) groups is 1. The lowest BCUT2D eigenvalue weighted by Crippen LogP contribution is -2.25. The van der Waals surface area contributed by atoms with Gasteiger partial charge in [0, 0.05) is 25.0 Å². The number of amides is 1. The first-order valence-corrected chi connectivity index (χ1v) is 8.93. The third kappa shape index (κ3) is 5.78. The Morgan fingerprint density at radius 1 is 1.04 bits per heavy atom. The van der Waals surface area contributed by atoms with Gasteiger partial charge in [-0.05, 0) is 24.0 Å². The average molecular weight is 348 g/mol. The fourth-order valence-corrected chi connectivity index (χ4v) is 2.66. The van der Waals surface area contributed by atoms with Crippen LogP contribution in [0.5, 0.6) is 0 Å². The molecule has 26 heavy (non-hydrogen) atoms. The molecule has 0 aromatic heterocycles. The topological polar surface area (TPSA) is 62.1 Å². The zero-order chi connectivity index (χ0) is 18.6. The molecule has 2 aromatic carbocycles. The molecule has 4 heteroatoms. The summed E-state index contributed by atoms with van der Waals surface area (Å²) in [5.74, 6) is 0.655. The normalized spacial score (nSPS) is 9.85. The van der Waals surface area contributed by atoms with E-state index in [4.69, 9.17) is 10.00 Å². The van der Waals surface area contributed by atoms with Gasteiger partial charge in [0.2, 0.25) is 0 Å². The zero-order valence-corrected chi connectivity index (χ0v) is 15.1. The van der Waals surface area contributed by atoms with Gasteiger partial charge >= 0.3 is 6.09 Å². The number of rotatable bonds is 8. The van der Waals surface area contributed by atoms with Crippen LogP contribution in [-0.2, 0) is 4.74 Å². The number of nitriles is 1. The first kappa shape index (κ1) is 19.3. The summed E-state index contributed by atoms with van der Waals surface area (Å²) in [5.41, 5.74) is 2.96. The molecule has 0 atom stereocenters. The van der Waals surface area contributed by atoms with Gasteiger partial charge in [-0.3, -0.25) is 0 Å². The fourth-order valence-electron chi connectivity index (χ4n) is 2.66. The van der Waals surface area contributed by atoms with Crippen LogP contribution >= 0.6 is 0 Å². The Bertz CT molecular complexity index is 720. The molecular weight excluding hydrogens is 324 g/mol. The average Bonchev–Trinajstić information content (AvgIpc) is 2.67.